The number of imidazole rings is 1. The van der Waals surface area contributed by atoms with E-state index in [0.717, 1.165) is 31.0 Å². The van der Waals surface area contributed by atoms with Crippen molar-refractivity contribution in [2.45, 2.75) is 33.2 Å². The molecule has 1 aliphatic heterocycles. The molecule has 0 saturated heterocycles. The van der Waals surface area contributed by atoms with Crippen LogP contribution in [0.3, 0.4) is 0 Å². The van der Waals surface area contributed by atoms with Crippen LogP contribution in [-0.4, -0.2) is 22.0 Å². The van der Waals surface area contributed by atoms with E-state index in [2.05, 4.69) is 14.9 Å². The summed E-state index contributed by atoms with van der Waals surface area (Å²) in [5, 5.41) is 3.01. The second-order valence-corrected chi connectivity index (χ2v) is 5.44. The molecular formula is C15H19N3O2. The molecule has 3 rings (SSSR count). The molecule has 0 aromatic carbocycles. The zero-order chi connectivity index (χ0) is 14.1. The molecule has 2 aromatic rings. The summed E-state index contributed by atoms with van der Waals surface area (Å²) in [6, 6.07) is 1.79. The lowest BCUT2D eigenvalue weighted by Gasteiger charge is -2.23. The fraction of sp³-hybridized carbons (Fsp3) is 0.467. The third kappa shape index (κ3) is 2.48. The van der Waals surface area contributed by atoms with E-state index in [1.807, 2.05) is 26.2 Å². The van der Waals surface area contributed by atoms with Gasteiger partial charge in [-0.15, -0.1) is 0 Å². The van der Waals surface area contributed by atoms with Gasteiger partial charge in [-0.05, 0) is 32.3 Å². The first-order valence-electron chi connectivity index (χ1n) is 6.98. The minimum absolute atomic E-state index is 0.0456. The largest absolute Gasteiger partial charge is 0.466 e. The van der Waals surface area contributed by atoms with Gasteiger partial charge in [0.2, 0.25) is 0 Å². The van der Waals surface area contributed by atoms with E-state index in [1.54, 1.807) is 6.07 Å². The number of nitrogens with one attached hydrogen (secondary N) is 1. The van der Waals surface area contributed by atoms with Gasteiger partial charge in [-0.2, -0.15) is 0 Å². The van der Waals surface area contributed by atoms with Crippen molar-refractivity contribution in [3.63, 3.8) is 0 Å². The highest BCUT2D eigenvalue weighted by Crippen LogP contribution is 2.18. The van der Waals surface area contributed by atoms with Crippen molar-refractivity contribution in [3.05, 3.63) is 41.4 Å². The highest BCUT2D eigenvalue weighted by atomic mass is 16.3. The number of carbonyl (C=O) groups excluding carboxylic acids is 1. The topological polar surface area (TPSA) is 60.1 Å². The molecular weight excluding hydrogens is 254 g/mol. The molecule has 3 heterocycles. The number of amides is 1. The average Bonchev–Trinajstić information content (AvgIpc) is 3.01. The zero-order valence-electron chi connectivity index (χ0n) is 11.8. The molecule has 1 N–H and O–H groups in total. The molecule has 0 spiro atoms. The smallest absolute Gasteiger partial charge is 0.254 e. The first kappa shape index (κ1) is 13.0. The maximum absolute atomic E-state index is 12.1. The molecule has 1 atom stereocenters. The minimum Gasteiger partial charge on any atom is -0.466 e. The van der Waals surface area contributed by atoms with Crippen LogP contribution in [0, 0.1) is 19.8 Å². The number of furan rings is 1. The predicted molar refractivity (Wildman–Crippen MR) is 74.6 cm³/mol. The molecule has 20 heavy (non-hydrogen) atoms. The Balaban J connectivity index is 1.58. The van der Waals surface area contributed by atoms with Crippen molar-refractivity contribution >= 4 is 5.91 Å². The van der Waals surface area contributed by atoms with Gasteiger partial charge in [0.1, 0.15) is 17.3 Å². The van der Waals surface area contributed by atoms with Crippen molar-refractivity contribution in [2.24, 2.45) is 5.92 Å². The van der Waals surface area contributed by atoms with Crippen LogP contribution in [0.25, 0.3) is 0 Å². The van der Waals surface area contributed by atoms with Crippen LogP contribution in [0.15, 0.2) is 22.9 Å². The zero-order valence-corrected chi connectivity index (χ0v) is 11.8. The minimum atomic E-state index is -0.0456. The van der Waals surface area contributed by atoms with E-state index >= 15 is 0 Å². The number of rotatable bonds is 3. The molecule has 2 aromatic heterocycles. The molecule has 5 nitrogen and oxygen atoms in total. The van der Waals surface area contributed by atoms with E-state index in [9.17, 15) is 4.79 Å². The molecule has 0 aliphatic carbocycles. The van der Waals surface area contributed by atoms with Crippen LogP contribution in [-0.2, 0) is 13.0 Å². The van der Waals surface area contributed by atoms with E-state index < -0.39 is 0 Å². The maximum atomic E-state index is 12.1. The van der Waals surface area contributed by atoms with E-state index in [1.165, 1.54) is 0 Å². The van der Waals surface area contributed by atoms with E-state index in [4.69, 9.17) is 4.42 Å². The standard InChI is InChI=1S/C15H19N3O2/c1-10-7-13(11(2)20-10)15(19)17-8-12-3-4-14-16-5-6-18(14)9-12/h5-7,12H,3-4,8-9H2,1-2H3,(H,17,19). The Hall–Kier alpha value is -2.04. The number of aryl methyl sites for hydroxylation is 3. The molecule has 1 amide bonds. The van der Waals surface area contributed by atoms with Gasteiger partial charge in [0, 0.05) is 31.9 Å². The number of fused-ring (bicyclic) bond motifs is 1. The molecule has 1 unspecified atom stereocenters. The summed E-state index contributed by atoms with van der Waals surface area (Å²) in [5.74, 6) is 3.02. The third-order valence-electron chi connectivity index (χ3n) is 3.87. The molecule has 5 heteroatoms. The summed E-state index contributed by atoms with van der Waals surface area (Å²) < 4.78 is 7.56. The van der Waals surface area contributed by atoms with Crippen LogP contribution >= 0.6 is 0 Å². The normalized spacial score (nSPS) is 17.8. The Bertz CT molecular complexity index is 627. The van der Waals surface area contributed by atoms with Crippen LogP contribution in [0.4, 0.5) is 0 Å². The molecule has 0 saturated carbocycles. The number of carbonyl (C=O) groups is 1. The number of nitrogens with zero attached hydrogens (tertiary/aromatic N) is 2. The van der Waals surface area contributed by atoms with Crippen LogP contribution in [0.5, 0.6) is 0 Å². The number of hydrogen-bond acceptors (Lipinski definition) is 3. The first-order chi connectivity index (χ1) is 9.63. The van der Waals surface area contributed by atoms with Crippen molar-refractivity contribution in [3.8, 4) is 0 Å². The van der Waals surface area contributed by atoms with Gasteiger partial charge in [0.05, 0.1) is 5.56 Å². The molecule has 0 bridgehead atoms. The quantitative estimate of drug-likeness (QED) is 0.931. The van der Waals surface area contributed by atoms with Gasteiger partial charge in [-0.3, -0.25) is 4.79 Å². The van der Waals surface area contributed by atoms with Gasteiger partial charge in [0.15, 0.2) is 0 Å². The Morgan fingerprint density at radius 3 is 3.15 bits per heavy atom. The SMILES string of the molecule is Cc1cc(C(=O)NCC2CCc3nccn3C2)c(C)o1. The van der Waals surface area contributed by atoms with Crippen LogP contribution < -0.4 is 5.32 Å². The second kappa shape index (κ2) is 5.15. The van der Waals surface area contributed by atoms with E-state index in [-0.39, 0.29) is 5.91 Å². The van der Waals surface area contributed by atoms with Crippen molar-refractivity contribution in [1.29, 1.82) is 0 Å². The summed E-state index contributed by atoms with van der Waals surface area (Å²) in [6.07, 6.45) is 5.90. The third-order valence-corrected chi connectivity index (χ3v) is 3.87. The van der Waals surface area contributed by atoms with Crippen molar-refractivity contribution in [2.75, 3.05) is 6.54 Å². The lowest BCUT2D eigenvalue weighted by molar-refractivity contribution is 0.0942. The lowest BCUT2D eigenvalue weighted by atomic mass is 9.99. The van der Waals surface area contributed by atoms with Gasteiger partial charge in [-0.25, -0.2) is 4.98 Å². The van der Waals surface area contributed by atoms with Crippen molar-refractivity contribution in [1.82, 2.24) is 14.9 Å². The van der Waals surface area contributed by atoms with Gasteiger partial charge in [0.25, 0.3) is 5.91 Å². The molecule has 0 fully saturated rings. The Morgan fingerprint density at radius 1 is 1.55 bits per heavy atom. The Labute approximate surface area is 118 Å². The van der Waals surface area contributed by atoms with Gasteiger partial charge in [-0.1, -0.05) is 0 Å². The summed E-state index contributed by atoms with van der Waals surface area (Å²) in [5.41, 5.74) is 0.640. The highest BCUT2D eigenvalue weighted by Gasteiger charge is 2.20. The second-order valence-electron chi connectivity index (χ2n) is 5.44. The van der Waals surface area contributed by atoms with Crippen LogP contribution in [0.1, 0.15) is 34.1 Å². The summed E-state index contributed by atoms with van der Waals surface area (Å²) in [7, 11) is 0. The lowest BCUT2D eigenvalue weighted by Crippen LogP contribution is -2.33. The summed E-state index contributed by atoms with van der Waals surface area (Å²) in [6.45, 7) is 5.30. The summed E-state index contributed by atoms with van der Waals surface area (Å²) in [4.78, 5) is 16.4. The monoisotopic (exact) mass is 273 g/mol. The molecule has 1 aliphatic rings. The van der Waals surface area contributed by atoms with E-state index in [0.29, 0.717) is 23.8 Å². The average molecular weight is 273 g/mol. The van der Waals surface area contributed by atoms with Gasteiger partial charge < -0.3 is 14.3 Å². The number of aromatic nitrogens is 2. The number of hydrogen-bond donors (Lipinski definition) is 1. The van der Waals surface area contributed by atoms with Crippen LogP contribution in [0.2, 0.25) is 0 Å². The fourth-order valence-electron chi connectivity index (χ4n) is 2.79. The Kier molecular flexibility index (Phi) is 3.34. The maximum Gasteiger partial charge on any atom is 0.254 e. The van der Waals surface area contributed by atoms with Gasteiger partial charge >= 0.3 is 0 Å². The highest BCUT2D eigenvalue weighted by molar-refractivity contribution is 5.95. The molecule has 106 valence electrons. The fourth-order valence-corrected chi connectivity index (χ4v) is 2.79. The predicted octanol–water partition coefficient (Wildman–Crippen LogP) is 2.09. The molecule has 0 radical (unpaired) electrons. The first-order valence-corrected chi connectivity index (χ1v) is 6.98. The summed E-state index contributed by atoms with van der Waals surface area (Å²) >= 11 is 0. The Morgan fingerprint density at radius 2 is 2.40 bits per heavy atom. The van der Waals surface area contributed by atoms with Crippen molar-refractivity contribution < 1.29 is 9.21 Å².